The first kappa shape index (κ1) is 8.07. The highest BCUT2D eigenvalue weighted by atomic mass is 16.6. The molecule has 0 amide bonds. The van der Waals surface area contributed by atoms with E-state index in [1.54, 1.807) is 0 Å². The number of nitriles is 1. The number of hydrogen-bond donors (Lipinski definition) is 0. The summed E-state index contributed by atoms with van der Waals surface area (Å²) in [7, 11) is 0. The van der Waals surface area contributed by atoms with Crippen LogP contribution in [0.3, 0.4) is 0 Å². The molecule has 1 aliphatic rings. The van der Waals surface area contributed by atoms with E-state index in [1.165, 1.54) is 0 Å². The van der Waals surface area contributed by atoms with Crippen molar-refractivity contribution < 1.29 is 4.74 Å². The first-order valence-electron chi connectivity index (χ1n) is 4.70. The fourth-order valence-corrected chi connectivity index (χ4v) is 1.70. The first-order valence-corrected chi connectivity index (χ1v) is 4.70. The Bertz CT molecular complexity index is 567. The average Bonchev–Trinajstić information content (AvgIpc) is 3.07. The summed E-state index contributed by atoms with van der Waals surface area (Å²) in [5.41, 5.74) is 2.63. The first-order chi connectivity index (χ1) is 7.40. The molecule has 0 N–H and O–H groups in total. The number of benzene rings is 2. The predicted octanol–water partition coefficient (Wildman–Crippen LogP) is 3.33. The van der Waals surface area contributed by atoms with Gasteiger partial charge in [-0.05, 0) is 17.7 Å². The van der Waals surface area contributed by atoms with Gasteiger partial charge in [0.25, 0.3) is 0 Å². The second kappa shape index (κ2) is 2.86. The third-order valence-electron chi connectivity index (χ3n) is 2.49. The minimum atomic E-state index is 0.638. The molecule has 0 saturated carbocycles. The van der Waals surface area contributed by atoms with E-state index in [0.29, 0.717) is 5.56 Å². The van der Waals surface area contributed by atoms with Gasteiger partial charge < -0.3 is 4.74 Å². The van der Waals surface area contributed by atoms with Gasteiger partial charge in [-0.1, -0.05) is 30.3 Å². The molecule has 3 rings (SSSR count). The van der Waals surface area contributed by atoms with Crippen LogP contribution >= 0.6 is 0 Å². The summed E-state index contributed by atoms with van der Waals surface area (Å²) in [6.07, 6.45) is 0. The Labute approximate surface area is 87.4 Å². The van der Waals surface area contributed by atoms with Crippen molar-refractivity contribution in [1.82, 2.24) is 0 Å². The van der Waals surface area contributed by atoms with Crippen molar-refractivity contribution in [3.05, 3.63) is 48.0 Å². The monoisotopic (exact) mass is 193 g/mol. The Balaban J connectivity index is 2.23. The molecule has 2 aromatic rings. The van der Waals surface area contributed by atoms with E-state index in [2.05, 4.69) is 6.07 Å². The summed E-state index contributed by atoms with van der Waals surface area (Å²) in [5.74, 6) is 1.56. The predicted molar refractivity (Wildman–Crippen MR) is 56.7 cm³/mol. The van der Waals surface area contributed by atoms with Crippen LogP contribution < -0.4 is 4.74 Å². The summed E-state index contributed by atoms with van der Waals surface area (Å²) < 4.78 is 5.20. The molecule has 0 bridgehead atoms. The molecule has 0 saturated heterocycles. The van der Waals surface area contributed by atoms with Crippen LogP contribution in [-0.2, 0) is 0 Å². The van der Waals surface area contributed by atoms with Crippen molar-refractivity contribution in [3.63, 3.8) is 0 Å². The van der Waals surface area contributed by atoms with Crippen molar-refractivity contribution in [3.8, 4) is 28.7 Å². The van der Waals surface area contributed by atoms with Gasteiger partial charge >= 0.3 is 0 Å². The van der Waals surface area contributed by atoms with E-state index in [-0.39, 0.29) is 0 Å². The van der Waals surface area contributed by atoms with E-state index in [0.717, 1.165) is 22.6 Å². The summed E-state index contributed by atoms with van der Waals surface area (Å²) in [5, 5.41) is 9.06. The lowest BCUT2D eigenvalue weighted by atomic mass is 10.0. The number of rotatable bonds is 1. The zero-order valence-electron chi connectivity index (χ0n) is 7.90. The van der Waals surface area contributed by atoms with E-state index in [9.17, 15) is 0 Å². The quantitative estimate of drug-likeness (QED) is 0.556. The summed E-state index contributed by atoms with van der Waals surface area (Å²) >= 11 is 0. The molecule has 0 radical (unpaired) electrons. The third-order valence-corrected chi connectivity index (χ3v) is 2.49. The molecule has 0 atom stereocenters. The highest BCUT2D eigenvalue weighted by Crippen LogP contribution is 2.50. The zero-order chi connectivity index (χ0) is 10.3. The van der Waals surface area contributed by atoms with Crippen LogP contribution in [-0.4, -0.2) is 0 Å². The SMILES string of the molecule is N#Cc1c(-c2ccccc2)ccc2c1O2. The average molecular weight is 193 g/mol. The lowest BCUT2D eigenvalue weighted by Gasteiger charge is -2.00. The Morgan fingerprint density at radius 1 is 1.00 bits per heavy atom. The standard InChI is InChI=1S/C13H7NO/c14-8-11-10(6-7-12-13(11)15-12)9-4-2-1-3-5-9/h1-7H. The molecule has 2 heteroatoms. The van der Waals surface area contributed by atoms with Gasteiger partial charge in [0.2, 0.25) is 0 Å². The van der Waals surface area contributed by atoms with Crippen molar-refractivity contribution >= 4 is 0 Å². The lowest BCUT2D eigenvalue weighted by Crippen LogP contribution is -1.80. The van der Waals surface area contributed by atoms with Gasteiger partial charge in [0.1, 0.15) is 11.6 Å². The molecule has 1 aliphatic heterocycles. The third kappa shape index (κ3) is 1.18. The maximum atomic E-state index is 9.06. The Morgan fingerprint density at radius 2 is 1.80 bits per heavy atom. The van der Waals surface area contributed by atoms with Crippen LogP contribution in [0.1, 0.15) is 5.56 Å². The highest BCUT2D eigenvalue weighted by molar-refractivity contribution is 5.79. The minimum absolute atomic E-state index is 0.638. The smallest absolute Gasteiger partial charge is 0.188 e. The van der Waals surface area contributed by atoms with Crippen LogP contribution in [0.4, 0.5) is 0 Å². The van der Waals surface area contributed by atoms with Crippen molar-refractivity contribution in [2.45, 2.75) is 0 Å². The van der Waals surface area contributed by atoms with Gasteiger partial charge in [-0.2, -0.15) is 5.26 Å². The molecule has 0 unspecified atom stereocenters. The maximum Gasteiger partial charge on any atom is 0.188 e. The van der Waals surface area contributed by atoms with Crippen LogP contribution in [0.2, 0.25) is 0 Å². The van der Waals surface area contributed by atoms with Crippen LogP contribution in [0.15, 0.2) is 42.5 Å². The van der Waals surface area contributed by atoms with Gasteiger partial charge in [-0.3, -0.25) is 0 Å². The summed E-state index contributed by atoms with van der Waals surface area (Å²) in [6, 6.07) is 15.9. The van der Waals surface area contributed by atoms with E-state index < -0.39 is 0 Å². The largest absolute Gasteiger partial charge is 0.448 e. The topological polar surface area (TPSA) is 36.3 Å². The molecule has 70 valence electrons. The molecular weight excluding hydrogens is 186 g/mol. The highest BCUT2D eigenvalue weighted by Gasteiger charge is 2.27. The molecular formula is C13H7NO. The van der Waals surface area contributed by atoms with Crippen molar-refractivity contribution in [1.29, 1.82) is 5.26 Å². The molecule has 0 aliphatic carbocycles. The van der Waals surface area contributed by atoms with E-state index in [4.69, 9.17) is 10.00 Å². The van der Waals surface area contributed by atoms with Crippen molar-refractivity contribution in [2.75, 3.05) is 0 Å². The van der Waals surface area contributed by atoms with Crippen LogP contribution in [0.25, 0.3) is 11.1 Å². The lowest BCUT2D eigenvalue weighted by molar-refractivity contribution is 0.648. The Morgan fingerprint density at radius 3 is 2.53 bits per heavy atom. The van der Waals surface area contributed by atoms with Gasteiger partial charge in [-0.25, -0.2) is 0 Å². The Hall–Kier alpha value is -2.27. The molecule has 0 fully saturated rings. The molecule has 15 heavy (non-hydrogen) atoms. The minimum Gasteiger partial charge on any atom is -0.448 e. The molecule has 1 heterocycles. The summed E-state index contributed by atoms with van der Waals surface area (Å²) in [4.78, 5) is 0. The zero-order valence-corrected chi connectivity index (χ0v) is 7.90. The second-order valence-electron chi connectivity index (χ2n) is 3.40. The second-order valence-corrected chi connectivity index (χ2v) is 3.40. The van der Waals surface area contributed by atoms with Crippen LogP contribution in [0, 0.1) is 11.3 Å². The van der Waals surface area contributed by atoms with E-state index >= 15 is 0 Å². The van der Waals surface area contributed by atoms with Gasteiger partial charge in [-0.15, -0.1) is 0 Å². The molecule has 2 nitrogen and oxygen atoms in total. The number of hydrogen-bond acceptors (Lipinski definition) is 2. The molecule has 0 spiro atoms. The van der Waals surface area contributed by atoms with Gasteiger partial charge in [0, 0.05) is 5.56 Å². The number of nitrogens with zero attached hydrogens (tertiary/aromatic N) is 1. The summed E-state index contributed by atoms with van der Waals surface area (Å²) in [6.45, 7) is 0. The van der Waals surface area contributed by atoms with Crippen LogP contribution in [0.5, 0.6) is 11.5 Å². The van der Waals surface area contributed by atoms with E-state index in [1.807, 2.05) is 42.5 Å². The fraction of sp³-hybridized carbons (Fsp3) is 0. The van der Waals surface area contributed by atoms with Gasteiger partial charge in [0.05, 0.1) is 0 Å². The van der Waals surface area contributed by atoms with Crippen molar-refractivity contribution in [2.24, 2.45) is 0 Å². The molecule has 0 aromatic heterocycles. The Kier molecular flexibility index (Phi) is 1.54. The fourth-order valence-electron chi connectivity index (χ4n) is 1.70. The maximum absolute atomic E-state index is 9.06. The number of ether oxygens (including phenoxy) is 1. The molecule has 2 aromatic carbocycles. The number of fused-ring (bicyclic) bond motifs is 1. The van der Waals surface area contributed by atoms with Gasteiger partial charge in [0.15, 0.2) is 11.5 Å². The normalized spacial score (nSPS) is 11.1.